The Bertz CT molecular complexity index is 1340. The third kappa shape index (κ3) is 7.34. The summed E-state index contributed by atoms with van der Waals surface area (Å²) >= 11 is 6.07. The number of alkyl halides is 3. The predicted octanol–water partition coefficient (Wildman–Crippen LogP) is 2.82. The molecular formula is C26H27ClF3N5O5. The van der Waals surface area contributed by atoms with E-state index >= 15 is 0 Å². The molecule has 0 saturated carbocycles. The molecule has 4 amide bonds. The van der Waals surface area contributed by atoms with Crippen molar-refractivity contribution in [1.82, 2.24) is 20.9 Å². The van der Waals surface area contributed by atoms with Gasteiger partial charge in [0.2, 0.25) is 17.6 Å². The van der Waals surface area contributed by atoms with Gasteiger partial charge in [-0.3, -0.25) is 29.0 Å². The maximum atomic E-state index is 13.3. The fourth-order valence-electron chi connectivity index (χ4n) is 4.27. The number of carbonyl (C=O) groups excluding carboxylic acids is 5. The number of anilines is 1. The standard InChI is InChI=1S/C26H27ClF3N5O5/c1-12-8-15(23(38)33-12)9-19(21(36)25(40)31-3)35-24(39)17-11-16(27)4-5-18(17)34-22(37)13(2)14-6-7-32-20(10-14)26(28,29)30/h4-7,10-13,15,19H,8-9H2,1-3H3,(H,31,40)(H,33,38)(H,34,37)(H,35,39)/t12-,13?,15+,19?/m1/s1. The number of rotatable bonds is 9. The van der Waals surface area contributed by atoms with Gasteiger partial charge in [0, 0.05) is 30.2 Å². The number of ketones is 1. The smallest absolute Gasteiger partial charge is 0.353 e. The molecule has 1 aromatic carbocycles. The lowest BCUT2D eigenvalue weighted by Crippen LogP contribution is -2.48. The number of hydrogen-bond acceptors (Lipinski definition) is 6. The number of nitrogens with one attached hydrogen (secondary N) is 4. The van der Waals surface area contributed by atoms with E-state index in [1.54, 1.807) is 6.92 Å². The molecule has 10 nitrogen and oxygen atoms in total. The van der Waals surface area contributed by atoms with Gasteiger partial charge in [0.05, 0.1) is 23.2 Å². The molecule has 2 unspecified atom stereocenters. The Kier molecular flexibility index (Phi) is 9.51. The first-order valence-corrected chi connectivity index (χ1v) is 12.6. The SMILES string of the molecule is CNC(=O)C(=O)C(C[C@@H]1C[C@@H](C)NC1=O)NC(=O)c1cc(Cl)ccc1NC(=O)C(C)c1ccnc(C(F)(F)F)c1. The molecule has 0 aliphatic carbocycles. The minimum absolute atomic E-state index is 0.0396. The molecule has 1 aliphatic rings. The maximum absolute atomic E-state index is 13.3. The van der Waals surface area contributed by atoms with Gasteiger partial charge in [0.1, 0.15) is 5.69 Å². The second kappa shape index (κ2) is 12.5. The molecular weight excluding hydrogens is 555 g/mol. The average Bonchev–Trinajstić information content (AvgIpc) is 3.23. The van der Waals surface area contributed by atoms with E-state index in [1.807, 2.05) is 0 Å². The minimum atomic E-state index is -4.70. The second-order valence-electron chi connectivity index (χ2n) is 9.42. The summed E-state index contributed by atoms with van der Waals surface area (Å²) in [5.74, 6) is -5.56. The van der Waals surface area contributed by atoms with Gasteiger partial charge in [-0.2, -0.15) is 13.2 Å². The quantitative estimate of drug-likeness (QED) is 0.335. The van der Waals surface area contributed by atoms with E-state index in [0.29, 0.717) is 6.42 Å². The van der Waals surface area contributed by atoms with Crippen LogP contribution in [0.1, 0.15) is 54.2 Å². The van der Waals surface area contributed by atoms with Crippen LogP contribution in [0.15, 0.2) is 36.5 Å². The van der Waals surface area contributed by atoms with Crippen molar-refractivity contribution >= 4 is 46.7 Å². The van der Waals surface area contributed by atoms with E-state index in [4.69, 9.17) is 11.6 Å². The fraction of sp³-hybridized carbons (Fsp3) is 0.385. The van der Waals surface area contributed by atoms with Crippen LogP contribution >= 0.6 is 11.6 Å². The number of hydrogen-bond donors (Lipinski definition) is 4. The molecule has 1 aliphatic heterocycles. The highest BCUT2D eigenvalue weighted by Crippen LogP contribution is 2.30. The van der Waals surface area contributed by atoms with E-state index in [2.05, 4.69) is 26.3 Å². The Morgan fingerprint density at radius 1 is 1.18 bits per heavy atom. The van der Waals surface area contributed by atoms with Crippen LogP contribution in [-0.4, -0.2) is 53.5 Å². The van der Waals surface area contributed by atoms with Gasteiger partial charge < -0.3 is 21.3 Å². The molecule has 1 aromatic heterocycles. The van der Waals surface area contributed by atoms with Crippen molar-refractivity contribution in [3.63, 3.8) is 0 Å². The zero-order valence-corrected chi connectivity index (χ0v) is 22.4. The zero-order chi connectivity index (χ0) is 29.8. The molecule has 1 fully saturated rings. The lowest BCUT2D eigenvalue weighted by atomic mass is 9.93. The van der Waals surface area contributed by atoms with Crippen molar-refractivity contribution in [3.05, 3.63) is 58.4 Å². The topological polar surface area (TPSA) is 146 Å². The van der Waals surface area contributed by atoms with E-state index < -0.39 is 53.3 Å². The number of pyridine rings is 1. The van der Waals surface area contributed by atoms with Crippen molar-refractivity contribution in [2.45, 2.75) is 50.9 Å². The van der Waals surface area contributed by atoms with Crippen LogP contribution in [0.2, 0.25) is 5.02 Å². The fourth-order valence-corrected chi connectivity index (χ4v) is 4.44. The number of carbonyl (C=O) groups is 5. The lowest BCUT2D eigenvalue weighted by molar-refractivity contribution is -0.141. The van der Waals surface area contributed by atoms with Crippen molar-refractivity contribution in [3.8, 4) is 0 Å². The Morgan fingerprint density at radius 3 is 2.48 bits per heavy atom. The number of aromatic nitrogens is 1. The lowest BCUT2D eigenvalue weighted by Gasteiger charge is -2.21. The summed E-state index contributed by atoms with van der Waals surface area (Å²) in [6, 6.07) is 4.43. The molecule has 14 heteroatoms. The molecule has 2 heterocycles. The van der Waals surface area contributed by atoms with Crippen LogP contribution in [0.4, 0.5) is 18.9 Å². The number of nitrogens with zero attached hydrogens (tertiary/aromatic N) is 1. The highest BCUT2D eigenvalue weighted by molar-refractivity contribution is 6.38. The summed E-state index contributed by atoms with van der Waals surface area (Å²) in [6.45, 7) is 3.16. The predicted molar refractivity (Wildman–Crippen MR) is 138 cm³/mol. The summed E-state index contributed by atoms with van der Waals surface area (Å²) in [6.07, 6.45) is -3.50. The van der Waals surface area contributed by atoms with Gasteiger partial charge in [-0.1, -0.05) is 11.6 Å². The van der Waals surface area contributed by atoms with Crippen LogP contribution in [0.5, 0.6) is 0 Å². The second-order valence-corrected chi connectivity index (χ2v) is 9.86. The Balaban J connectivity index is 1.84. The highest BCUT2D eigenvalue weighted by Gasteiger charge is 2.37. The highest BCUT2D eigenvalue weighted by atomic mass is 35.5. The minimum Gasteiger partial charge on any atom is -0.353 e. The van der Waals surface area contributed by atoms with E-state index in [-0.39, 0.29) is 40.2 Å². The number of likely N-dealkylation sites (N-methyl/N-ethyl adjacent to an activating group) is 1. The first-order valence-electron chi connectivity index (χ1n) is 12.2. The van der Waals surface area contributed by atoms with Gasteiger partial charge in [0.15, 0.2) is 0 Å². The van der Waals surface area contributed by atoms with Crippen molar-refractivity contribution in [1.29, 1.82) is 0 Å². The first-order chi connectivity index (χ1) is 18.7. The number of Topliss-reactive ketones (excluding diaryl/α,β-unsaturated/α-hetero) is 1. The molecule has 2 aromatic rings. The average molecular weight is 582 g/mol. The molecule has 214 valence electrons. The summed E-state index contributed by atoms with van der Waals surface area (Å²) in [5, 5.41) is 10.00. The monoisotopic (exact) mass is 581 g/mol. The molecule has 1 saturated heterocycles. The van der Waals surface area contributed by atoms with Crippen LogP contribution in [0, 0.1) is 5.92 Å². The summed E-state index contributed by atoms with van der Waals surface area (Å²) in [4.78, 5) is 66.6. The van der Waals surface area contributed by atoms with Gasteiger partial charge >= 0.3 is 6.18 Å². The normalized spacial score (nSPS) is 18.3. The third-order valence-electron chi connectivity index (χ3n) is 6.44. The van der Waals surface area contributed by atoms with E-state index in [1.165, 1.54) is 38.2 Å². The van der Waals surface area contributed by atoms with Gasteiger partial charge in [-0.15, -0.1) is 0 Å². The number of amides is 4. The number of halogens is 4. The first kappa shape index (κ1) is 30.5. The van der Waals surface area contributed by atoms with Crippen molar-refractivity contribution in [2.24, 2.45) is 5.92 Å². The Labute approximate surface area is 232 Å². The maximum Gasteiger partial charge on any atom is 0.433 e. The van der Waals surface area contributed by atoms with Crippen molar-refractivity contribution in [2.75, 3.05) is 12.4 Å². The van der Waals surface area contributed by atoms with Crippen LogP contribution in [0.3, 0.4) is 0 Å². The van der Waals surface area contributed by atoms with Gasteiger partial charge in [-0.25, -0.2) is 0 Å². The Morgan fingerprint density at radius 2 is 1.88 bits per heavy atom. The summed E-state index contributed by atoms with van der Waals surface area (Å²) in [5.41, 5.74) is -1.33. The van der Waals surface area contributed by atoms with Gasteiger partial charge in [0.25, 0.3) is 11.8 Å². The van der Waals surface area contributed by atoms with E-state index in [9.17, 15) is 37.1 Å². The van der Waals surface area contributed by atoms with Crippen LogP contribution < -0.4 is 21.3 Å². The molecule has 40 heavy (non-hydrogen) atoms. The number of benzene rings is 1. The van der Waals surface area contributed by atoms with Crippen LogP contribution in [0.25, 0.3) is 0 Å². The van der Waals surface area contributed by atoms with E-state index in [0.717, 1.165) is 12.3 Å². The van der Waals surface area contributed by atoms with Gasteiger partial charge in [-0.05, 0) is 62.6 Å². The molecule has 4 N–H and O–H groups in total. The Hall–Kier alpha value is -4.00. The molecule has 4 atom stereocenters. The zero-order valence-electron chi connectivity index (χ0n) is 21.7. The molecule has 0 spiro atoms. The third-order valence-corrected chi connectivity index (χ3v) is 6.68. The summed E-state index contributed by atoms with van der Waals surface area (Å²) in [7, 11) is 1.25. The van der Waals surface area contributed by atoms with Crippen LogP contribution in [-0.2, 0) is 25.4 Å². The summed E-state index contributed by atoms with van der Waals surface area (Å²) < 4.78 is 39.2. The largest absolute Gasteiger partial charge is 0.433 e. The van der Waals surface area contributed by atoms with Crippen molar-refractivity contribution < 1.29 is 37.1 Å². The molecule has 3 rings (SSSR count). The molecule has 0 radical (unpaired) electrons. The molecule has 0 bridgehead atoms.